The zero-order chi connectivity index (χ0) is 23.7. The van der Waals surface area contributed by atoms with Gasteiger partial charge in [-0.1, -0.05) is 49.2 Å². The first-order valence-corrected chi connectivity index (χ1v) is 11.8. The number of methoxy groups -OCH3 is 2. The lowest BCUT2D eigenvalue weighted by atomic mass is 9.90. The normalized spacial score (nSPS) is 20.0. The van der Waals surface area contributed by atoms with E-state index < -0.39 is 5.82 Å². The van der Waals surface area contributed by atoms with Gasteiger partial charge < -0.3 is 14.2 Å². The number of halogens is 3. The van der Waals surface area contributed by atoms with Crippen LogP contribution in [0.5, 0.6) is 5.75 Å². The second kappa shape index (κ2) is 9.90. The minimum absolute atomic E-state index is 0.163. The number of nitrogens with zero attached hydrogens (tertiary/aromatic N) is 2. The Labute approximate surface area is 203 Å². The van der Waals surface area contributed by atoms with Gasteiger partial charge in [0.25, 0.3) is 0 Å². The fourth-order valence-electron chi connectivity index (χ4n) is 4.42. The highest BCUT2D eigenvalue weighted by atomic mass is 35.5. The van der Waals surface area contributed by atoms with Crippen LogP contribution < -0.4 is 4.74 Å². The first kappa shape index (κ1) is 23.8. The summed E-state index contributed by atoms with van der Waals surface area (Å²) in [4.78, 5) is 9.61. The Morgan fingerprint density at radius 2 is 1.79 bits per heavy atom. The summed E-state index contributed by atoms with van der Waals surface area (Å²) in [6.45, 7) is 4.75. The van der Waals surface area contributed by atoms with E-state index in [0.29, 0.717) is 30.4 Å². The average Bonchev–Trinajstić information content (AvgIpc) is 2.79. The molecule has 4 rings (SSSR count). The Morgan fingerprint density at radius 1 is 1.09 bits per heavy atom. The molecule has 2 atom stereocenters. The molecule has 2 heterocycles. The number of rotatable bonds is 4. The number of hydrogen-bond acceptors (Lipinski definition) is 5. The van der Waals surface area contributed by atoms with Crippen LogP contribution in [0.25, 0.3) is 11.1 Å². The predicted octanol–water partition coefficient (Wildman–Crippen LogP) is 6.16. The lowest BCUT2D eigenvalue weighted by Crippen LogP contribution is -2.38. The summed E-state index contributed by atoms with van der Waals surface area (Å²) in [5.74, 6) is 1.70. The summed E-state index contributed by atoms with van der Waals surface area (Å²) in [5, 5.41) is 0.499. The van der Waals surface area contributed by atoms with Crippen molar-refractivity contribution >= 4 is 35.0 Å². The van der Waals surface area contributed by atoms with Crippen molar-refractivity contribution in [2.24, 2.45) is 15.9 Å². The molecule has 0 N–H and O–H groups in total. The second-order valence-electron chi connectivity index (χ2n) is 8.53. The van der Waals surface area contributed by atoms with Crippen molar-refractivity contribution in [2.75, 3.05) is 20.8 Å². The molecule has 5 nitrogen and oxygen atoms in total. The van der Waals surface area contributed by atoms with Crippen LogP contribution in [-0.2, 0) is 22.3 Å². The van der Waals surface area contributed by atoms with Gasteiger partial charge >= 0.3 is 0 Å². The van der Waals surface area contributed by atoms with Crippen LogP contribution in [0.3, 0.4) is 0 Å². The first-order chi connectivity index (χ1) is 15.8. The smallest absolute Gasteiger partial charge is 0.209 e. The van der Waals surface area contributed by atoms with Crippen LogP contribution in [-0.4, -0.2) is 44.7 Å². The Hall–Kier alpha value is -2.31. The van der Waals surface area contributed by atoms with Gasteiger partial charge in [-0.25, -0.2) is 14.4 Å². The highest BCUT2D eigenvalue weighted by Gasteiger charge is 2.32. The number of aliphatic imine (C=N–C) groups is 2. The summed E-state index contributed by atoms with van der Waals surface area (Å²) in [5.41, 5.74) is 3.49. The van der Waals surface area contributed by atoms with Gasteiger partial charge in [0.15, 0.2) is 0 Å². The molecule has 2 aliphatic rings. The Morgan fingerprint density at radius 3 is 2.42 bits per heavy atom. The SMILES string of the molecule is COC1=N[C@@H](Cc2ccc(-c3c(Cl)cc(F)cc3Cl)c3c2CCCO3)C(OC)=NC1C(C)C. The second-order valence-corrected chi connectivity index (χ2v) is 9.34. The van der Waals surface area contributed by atoms with E-state index in [0.717, 1.165) is 35.3 Å². The molecule has 0 saturated carbocycles. The molecule has 0 fully saturated rings. The van der Waals surface area contributed by atoms with Crippen LogP contribution >= 0.6 is 23.2 Å². The van der Waals surface area contributed by atoms with Gasteiger partial charge in [-0.15, -0.1) is 0 Å². The minimum Gasteiger partial charge on any atom is -0.493 e. The van der Waals surface area contributed by atoms with Gasteiger partial charge in [0.1, 0.15) is 23.7 Å². The molecule has 2 aromatic carbocycles. The summed E-state index contributed by atoms with van der Waals surface area (Å²) in [7, 11) is 3.25. The summed E-state index contributed by atoms with van der Waals surface area (Å²) >= 11 is 12.7. The molecular weight excluding hydrogens is 466 g/mol. The molecule has 0 spiro atoms. The lowest BCUT2D eigenvalue weighted by Gasteiger charge is -2.29. The van der Waals surface area contributed by atoms with E-state index in [1.54, 1.807) is 14.2 Å². The highest BCUT2D eigenvalue weighted by molar-refractivity contribution is 6.39. The van der Waals surface area contributed by atoms with E-state index in [4.69, 9.17) is 47.4 Å². The van der Waals surface area contributed by atoms with Gasteiger partial charge in [-0.05, 0) is 42.0 Å². The molecule has 8 heteroatoms. The maximum absolute atomic E-state index is 13.8. The van der Waals surface area contributed by atoms with Gasteiger partial charge in [-0.2, -0.15) is 0 Å². The third-order valence-electron chi connectivity index (χ3n) is 6.00. The standard InChI is InChI=1S/C25H27Cl2FN2O3/c1-13(2)22-25(32-4)29-20(24(30-22)31-3)10-14-7-8-17(23-16(14)6-5-9-33-23)21-18(26)11-15(28)12-19(21)27/h7-8,11-13,20,22H,5-6,9-10H2,1-4H3/t20-,22?/m0/s1. The molecule has 0 aliphatic carbocycles. The van der Waals surface area contributed by atoms with Crippen molar-refractivity contribution in [1.82, 2.24) is 0 Å². The van der Waals surface area contributed by atoms with Crippen molar-refractivity contribution in [3.63, 3.8) is 0 Å². The molecular formula is C25H27Cl2FN2O3. The Bertz CT molecular complexity index is 1090. The van der Waals surface area contributed by atoms with Crippen LogP contribution in [0.15, 0.2) is 34.3 Å². The molecule has 0 radical (unpaired) electrons. The third kappa shape index (κ3) is 4.69. The number of fused-ring (bicyclic) bond motifs is 1. The van der Waals surface area contributed by atoms with Gasteiger partial charge in [0.2, 0.25) is 11.8 Å². The molecule has 176 valence electrons. The zero-order valence-corrected chi connectivity index (χ0v) is 20.6. The van der Waals surface area contributed by atoms with Crippen molar-refractivity contribution < 1.29 is 18.6 Å². The van der Waals surface area contributed by atoms with Gasteiger partial charge in [-0.3, -0.25) is 0 Å². The monoisotopic (exact) mass is 492 g/mol. The topological polar surface area (TPSA) is 52.4 Å². The number of hydrogen-bond donors (Lipinski definition) is 0. The Balaban J connectivity index is 1.75. The molecule has 0 amide bonds. The largest absolute Gasteiger partial charge is 0.493 e. The average molecular weight is 493 g/mol. The van der Waals surface area contributed by atoms with Crippen molar-refractivity contribution in [3.05, 3.63) is 51.3 Å². The zero-order valence-electron chi connectivity index (χ0n) is 19.1. The minimum atomic E-state index is -0.477. The van der Waals surface area contributed by atoms with Gasteiger partial charge in [0, 0.05) is 17.5 Å². The molecule has 0 bridgehead atoms. The Kier molecular flexibility index (Phi) is 7.15. The van der Waals surface area contributed by atoms with E-state index >= 15 is 0 Å². The van der Waals surface area contributed by atoms with Crippen LogP contribution in [0, 0.1) is 11.7 Å². The first-order valence-electron chi connectivity index (χ1n) is 11.0. The fraction of sp³-hybridized carbons (Fsp3) is 0.440. The molecule has 33 heavy (non-hydrogen) atoms. The molecule has 0 saturated heterocycles. The van der Waals surface area contributed by atoms with E-state index in [-0.39, 0.29) is 28.0 Å². The lowest BCUT2D eigenvalue weighted by molar-refractivity contribution is 0.288. The van der Waals surface area contributed by atoms with Crippen molar-refractivity contribution in [3.8, 4) is 16.9 Å². The molecule has 0 aromatic heterocycles. The maximum Gasteiger partial charge on any atom is 0.209 e. The highest BCUT2D eigenvalue weighted by Crippen LogP contribution is 2.44. The van der Waals surface area contributed by atoms with Crippen molar-refractivity contribution in [1.29, 1.82) is 0 Å². The van der Waals surface area contributed by atoms with E-state index in [9.17, 15) is 4.39 Å². The third-order valence-corrected chi connectivity index (χ3v) is 6.60. The number of ether oxygens (including phenoxy) is 3. The van der Waals surface area contributed by atoms with Crippen LogP contribution in [0.2, 0.25) is 10.0 Å². The number of benzene rings is 2. The molecule has 2 aromatic rings. The molecule has 2 aliphatic heterocycles. The van der Waals surface area contributed by atoms with E-state index in [1.165, 1.54) is 12.1 Å². The van der Waals surface area contributed by atoms with Crippen molar-refractivity contribution in [2.45, 2.75) is 45.2 Å². The van der Waals surface area contributed by atoms with Gasteiger partial charge in [0.05, 0.1) is 30.9 Å². The fourth-order valence-corrected chi connectivity index (χ4v) is 5.08. The predicted molar refractivity (Wildman–Crippen MR) is 131 cm³/mol. The van der Waals surface area contributed by atoms with E-state index in [1.807, 2.05) is 12.1 Å². The summed E-state index contributed by atoms with van der Waals surface area (Å²) in [6, 6.07) is 6.03. The van der Waals surface area contributed by atoms with Crippen LogP contribution in [0.1, 0.15) is 31.4 Å². The van der Waals surface area contributed by atoms with E-state index in [2.05, 4.69) is 13.8 Å². The van der Waals surface area contributed by atoms with Crippen LogP contribution in [0.4, 0.5) is 4.39 Å². The summed E-state index contributed by atoms with van der Waals surface area (Å²) < 4.78 is 31.0. The summed E-state index contributed by atoms with van der Waals surface area (Å²) in [6.07, 6.45) is 2.32. The maximum atomic E-state index is 13.8. The quantitative estimate of drug-likeness (QED) is 0.513. The molecule has 1 unspecified atom stereocenters.